The van der Waals surface area contributed by atoms with E-state index in [2.05, 4.69) is 24.1 Å². The van der Waals surface area contributed by atoms with Crippen LogP contribution in [0.15, 0.2) is 29.2 Å². The van der Waals surface area contributed by atoms with Crippen molar-refractivity contribution < 1.29 is 17.9 Å². The molecule has 26 heavy (non-hydrogen) atoms. The average Bonchev–Trinajstić information content (AvgIpc) is 2.59. The van der Waals surface area contributed by atoms with Crippen molar-refractivity contribution in [2.75, 3.05) is 53.5 Å². The highest BCUT2D eigenvalue weighted by atomic mass is 32.2. The van der Waals surface area contributed by atoms with E-state index in [-0.39, 0.29) is 16.2 Å². The van der Waals surface area contributed by atoms with Gasteiger partial charge in [-0.2, -0.15) is 4.31 Å². The lowest BCUT2D eigenvalue weighted by Crippen LogP contribution is -2.41. The first-order valence-corrected chi connectivity index (χ1v) is 10.2. The first kappa shape index (κ1) is 20.8. The third-order valence-corrected chi connectivity index (χ3v) is 6.07. The van der Waals surface area contributed by atoms with Crippen molar-refractivity contribution in [2.24, 2.45) is 5.41 Å². The summed E-state index contributed by atoms with van der Waals surface area (Å²) in [7, 11) is 0.369. The molecule has 2 rings (SSSR count). The first-order valence-electron chi connectivity index (χ1n) is 8.73. The van der Waals surface area contributed by atoms with Gasteiger partial charge < -0.3 is 15.0 Å². The number of nitrogens with one attached hydrogen (secondary N) is 1. The normalized spacial score (nSPS) is 16.7. The topological polar surface area (TPSA) is 79.0 Å². The summed E-state index contributed by atoms with van der Waals surface area (Å²) in [5.74, 6) is -0.268. The summed E-state index contributed by atoms with van der Waals surface area (Å²) in [6.45, 7) is 6.93. The highest BCUT2D eigenvalue weighted by Crippen LogP contribution is 2.19. The molecule has 1 amide bonds. The van der Waals surface area contributed by atoms with Crippen LogP contribution in [0, 0.1) is 5.41 Å². The lowest BCUT2D eigenvalue weighted by molar-refractivity contribution is 0.0730. The molecular weight excluding hydrogens is 354 g/mol. The Bertz CT molecular complexity index is 726. The molecule has 8 heteroatoms. The van der Waals surface area contributed by atoms with Crippen LogP contribution in [0.2, 0.25) is 0 Å². The SMILES string of the molecule is CN(C)CC(C)(C)CNC(=O)c1cccc(S(=O)(=O)N2CCOCC2)c1. The summed E-state index contributed by atoms with van der Waals surface area (Å²) in [4.78, 5) is 14.7. The van der Waals surface area contributed by atoms with E-state index < -0.39 is 10.0 Å². The van der Waals surface area contributed by atoms with Gasteiger partial charge in [0.15, 0.2) is 0 Å². The van der Waals surface area contributed by atoms with Gasteiger partial charge in [-0.05, 0) is 37.7 Å². The van der Waals surface area contributed by atoms with E-state index in [0.717, 1.165) is 6.54 Å². The second-order valence-electron chi connectivity index (χ2n) is 7.63. The summed E-state index contributed by atoms with van der Waals surface area (Å²) in [5.41, 5.74) is 0.261. The predicted molar refractivity (Wildman–Crippen MR) is 101 cm³/mol. The number of carbonyl (C=O) groups excluding carboxylic acids is 1. The molecule has 1 aromatic carbocycles. The molecule has 1 aliphatic heterocycles. The average molecular weight is 384 g/mol. The number of benzene rings is 1. The maximum absolute atomic E-state index is 12.7. The third-order valence-electron chi connectivity index (χ3n) is 4.18. The second-order valence-corrected chi connectivity index (χ2v) is 9.57. The van der Waals surface area contributed by atoms with E-state index in [1.54, 1.807) is 12.1 Å². The number of rotatable bonds is 7. The van der Waals surface area contributed by atoms with E-state index >= 15 is 0 Å². The number of morpholine rings is 1. The van der Waals surface area contributed by atoms with E-state index in [4.69, 9.17) is 4.74 Å². The fraction of sp³-hybridized carbons (Fsp3) is 0.611. The number of ether oxygens (including phenoxy) is 1. The summed E-state index contributed by atoms with van der Waals surface area (Å²) in [6.07, 6.45) is 0. The van der Waals surface area contributed by atoms with Crippen LogP contribution in [0.4, 0.5) is 0 Å². The van der Waals surface area contributed by atoms with Crippen molar-refractivity contribution in [1.29, 1.82) is 0 Å². The molecule has 1 aromatic rings. The maximum atomic E-state index is 12.7. The number of hydrogen-bond donors (Lipinski definition) is 1. The number of amides is 1. The Kier molecular flexibility index (Phi) is 6.79. The fourth-order valence-corrected chi connectivity index (χ4v) is 4.52. The van der Waals surface area contributed by atoms with Gasteiger partial charge in [-0.15, -0.1) is 0 Å². The molecule has 1 saturated heterocycles. The third kappa shape index (κ3) is 5.51. The largest absolute Gasteiger partial charge is 0.379 e. The van der Waals surface area contributed by atoms with Crippen molar-refractivity contribution in [1.82, 2.24) is 14.5 Å². The van der Waals surface area contributed by atoms with Crippen molar-refractivity contribution in [2.45, 2.75) is 18.7 Å². The van der Waals surface area contributed by atoms with Crippen molar-refractivity contribution in [3.8, 4) is 0 Å². The molecule has 146 valence electrons. The van der Waals surface area contributed by atoms with E-state index in [1.165, 1.54) is 16.4 Å². The van der Waals surface area contributed by atoms with Gasteiger partial charge in [-0.3, -0.25) is 4.79 Å². The standard InChI is InChI=1S/C18H29N3O4S/c1-18(2,14-20(3)4)13-19-17(22)15-6-5-7-16(12-15)26(23,24)21-8-10-25-11-9-21/h5-7,12H,8-11,13-14H2,1-4H3,(H,19,22). The Morgan fingerprint density at radius 3 is 2.54 bits per heavy atom. The number of hydrogen-bond acceptors (Lipinski definition) is 5. The van der Waals surface area contributed by atoms with Gasteiger partial charge in [0.2, 0.25) is 10.0 Å². The van der Waals surface area contributed by atoms with Gasteiger partial charge in [-0.25, -0.2) is 8.42 Å². The zero-order valence-electron chi connectivity index (χ0n) is 16.0. The van der Waals surface area contributed by atoms with Crippen LogP contribution in [-0.2, 0) is 14.8 Å². The van der Waals surface area contributed by atoms with Gasteiger partial charge >= 0.3 is 0 Å². The summed E-state index contributed by atoms with van der Waals surface area (Å²) in [6, 6.07) is 6.20. The lowest BCUT2D eigenvalue weighted by Gasteiger charge is -2.28. The van der Waals surface area contributed by atoms with Crippen LogP contribution in [0.3, 0.4) is 0 Å². The Morgan fingerprint density at radius 2 is 1.92 bits per heavy atom. The summed E-state index contributed by atoms with van der Waals surface area (Å²) >= 11 is 0. The van der Waals surface area contributed by atoms with Crippen LogP contribution >= 0.6 is 0 Å². The van der Waals surface area contributed by atoms with Crippen LogP contribution < -0.4 is 5.32 Å². The van der Waals surface area contributed by atoms with Crippen LogP contribution in [0.25, 0.3) is 0 Å². The monoisotopic (exact) mass is 383 g/mol. The molecule has 0 atom stereocenters. The van der Waals surface area contributed by atoms with Crippen LogP contribution in [-0.4, -0.2) is 77.0 Å². The minimum atomic E-state index is -3.61. The minimum absolute atomic E-state index is 0.0867. The second kappa shape index (κ2) is 8.47. The first-order chi connectivity index (χ1) is 12.1. The quantitative estimate of drug-likeness (QED) is 0.761. The van der Waals surface area contributed by atoms with Crippen molar-refractivity contribution in [3.63, 3.8) is 0 Å². The van der Waals surface area contributed by atoms with E-state index in [0.29, 0.717) is 38.4 Å². The Morgan fingerprint density at radius 1 is 1.27 bits per heavy atom. The highest BCUT2D eigenvalue weighted by Gasteiger charge is 2.27. The summed E-state index contributed by atoms with van der Waals surface area (Å²) in [5, 5.41) is 2.91. The highest BCUT2D eigenvalue weighted by molar-refractivity contribution is 7.89. The van der Waals surface area contributed by atoms with E-state index in [9.17, 15) is 13.2 Å². The number of nitrogens with zero attached hydrogens (tertiary/aromatic N) is 2. The Balaban J connectivity index is 2.09. The molecule has 1 aliphatic rings. The van der Waals surface area contributed by atoms with Gasteiger partial charge in [0.25, 0.3) is 5.91 Å². The number of sulfonamides is 1. The Hall–Kier alpha value is -1.48. The Labute approximate surface area is 156 Å². The van der Waals surface area contributed by atoms with Gasteiger partial charge in [0, 0.05) is 31.7 Å². The molecule has 0 aromatic heterocycles. The molecule has 1 heterocycles. The minimum Gasteiger partial charge on any atom is -0.379 e. The zero-order valence-corrected chi connectivity index (χ0v) is 16.8. The fourth-order valence-electron chi connectivity index (χ4n) is 3.07. The molecule has 0 saturated carbocycles. The predicted octanol–water partition coefficient (Wildman–Crippen LogP) is 1.03. The molecule has 7 nitrogen and oxygen atoms in total. The molecule has 0 bridgehead atoms. The smallest absolute Gasteiger partial charge is 0.251 e. The van der Waals surface area contributed by atoms with Crippen molar-refractivity contribution in [3.05, 3.63) is 29.8 Å². The molecule has 1 fully saturated rings. The molecule has 1 N–H and O–H groups in total. The maximum Gasteiger partial charge on any atom is 0.251 e. The molecule has 0 spiro atoms. The van der Waals surface area contributed by atoms with Gasteiger partial charge in [0.05, 0.1) is 18.1 Å². The van der Waals surface area contributed by atoms with Gasteiger partial charge in [0.1, 0.15) is 0 Å². The molecule has 0 aliphatic carbocycles. The van der Waals surface area contributed by atoms with Gasteiger partial charge in [-0.1, -0.05) is 19.9 Å². The van der Waals surface area contributed by atoms with Crippen molar-refractivity contribution >= 4 is 15.9 Å². The van der Waals surface area contributed by atoms with E-state index in [1.807, 2.05) is 14.1 Å². The van der Waals surface area contributed by atoms with Crippen LogP contribution in [0.5, 0.6) is 0 Å². The number of carbonyl (C=O) groups is 1. The molecule has 0 radical (unpaired) electrons. The lowest BCUT2D eigenvalue weighted by atomic mass is 9.93. The molecule has 0 unspecified atom stereocenters. The van der Waals surface area contributed by atoms with Crippen LogP contribution in [0.1, 0.15) is 24.2 Å². The zero-order chi connectivity index (χ0) is 19.4. The molecular formula is C18H29N3O4S. The summed E-state index contributed by atoms with van der Waals surface area (Å²) < 4.78 is 32.1.